The molecule has 0 saturated heterocycles. The zero-order valence-corrected chi connectivity index (χ0v) is 11.2. The van der Waals surface area contributed by atoms with Gasteiger partial charge in [-0.3, -0.25) is 0 Å². The van der Waals surface area contributed by atoms with Gasteiger partial charge < -0.3 is 10.4 Å². The van der Waals surface area contributed by atoms with Crippen molar-refractivity contribution in [2.45, 2.75) is 0 Å². The highest BCUT2D eigenvalue weighted by Gasteiger charge is 2.05. The first-order valence-corrected chi connectivity index (χ1v) is 6.05. The van der Waals surface area contributed by atoms with Crippen molar-refractivity contribution in [2.24, 2.45) is 0 Å². The van der Waals surface area contributed by atoms with Crippen LogP contribution in [0, 0.1) is 9.39 Å². The summed E-state index contributed by atoms with van der Waals surface area (Å²) < 4.78 is 13.6. The number of carbonyl (C=O) groups is 1. The number of halogens is 2. The van der Waals surface area contributed by atoms with E-state index in [9.17, 15) is 9.18 Å². The molecule has 0 saturated carbocycles. The summed E-state index contributed by atoms with van der Waals surface area (Å²) in [6.45, 7) is 0. The third-order valence-corrected chi connectivity index (χ3v) is 3.09. The molecular formula is C12H8FIN2O2. The molecule has 0 radical (unpaired) electrons. The Morgan fingerprint density at radius 3 is 2.67 bits per heavy atom. The standard InChI is InChI=1S/C12H8FIN2O2/c13-7-1-3-10(9(14)5-7)16-8-2-4-11(12(17)18)15-6-8/h1-6,16H,(H,17,18). The van der Waals surface area contributed by atoms with Gasteiger partial charge in [-0.05, 0) is 52.9 Å². The van der Waals surface area contributed by atoms with Crippen molar-refractivity contribution in [1.82, 2.24) is 4.98 Å². The molecule has 1 aromatic heterocycles. The van der Waals surface area contributed by atoms with Gasteiger partial charge in [0.1, 0.15) is 11.5 Å². The average Bonchev–Trinajstić information content (AvgIpc) is 2.33. The maximum Gasteiger partial charge on any atom is 0.354 e. The number of aromatic nitrogens is 1. The highest BCUT2D eigenvalue weighted by molar-refractivity contribution is 14.1. The van der Waals surface area contributed by atoms with Crippen molar-refractivity contribution >= 4 is 39.9 Å². The molecule has 18 heavy (non-hydrogen) atoms. The second-order valence-electron chi connectivity index (χ2n) is 3.49. The molecule has 0 bridgehead atoms. The number of hydrogen-bond donors (Lipinski definition) is 2. The van der Waals surface area contributed by atoms with E-state index in [0.29, 0.717) is 5.69 Å². The van der Waals surface area contributed by atoms with E-state index in [4.69, 9.17) is 5.11 Å². The number of anilines is 2. The van der Waals surface area contributed by atoms with Crippen LogP contribution in [0.1, 0.15) is 10.5 Å². The molecule has 0 fully saturated rings. The molecule has 2 N–H and O–H groups in total. The quantitative estimate of drug-likeness (QED) is 0.827. The molecule has 0 unspecified atom stereocenters. The van der Waals surface area contributed by atoms with E-state index in [1.165, 1.54) is 24.4 Å². The van der Waals surface area contributed by atoms with E-state index < -0.39 is 5.97 Å². The Morgan fingerprint density at radius 2 is 2.11 bits per heavy atom. The van der Waals surface area contributed by atoms with Crippen molar-refractivity contribution in [1.29, 1.82) is 0 Å². The first-order chi connectivity index (χ1) is 8.56. The minimum Gasteiger partial charge on any atom is -0.477 e. The minimum absolute atomic E-state index is 0.0191. The number of rotatable bonds is 3. The molecule has 1 aromatic carbocycles. The molecule has 0 aliphatic heterocycles. The zero-order chi connectivity index (χ0) is 13.1. The number of pyridine rings is 1. The Morgan fingerprint density at radius 1 is 1.33 bits per heavy atom. The molecule has 6 heteroatoms. The van der Waals surface area contributed by atoms with Crippen LogP contribution in [0.5, 0.6) is 0 Å². The maximum absolute atomic E-state index is 12.9. The number of nitrogens with zero attached hydrogens (tertiary/aromatic N) is 1. The normalized spacial score (nSPS) is 10.1. The first kappa shape index (κ1) is 12.7. The lowest BCUT2D eigenvalue weighted by Gasteiger charge is -2.08. The van der Waals surface area contributed by atoms with E-state index in [1.807, 2.05) is 22.6 Å². The summed E-state index contributed by atoms with van der Waals surface area (Å²) in [5.41, 5.74) is 1.36. The van der Waals surface area contributed by atoms with Crippen LogP contribution in [0.25, 0.3) is 0 Å². The zero-order valence-electron chi connectivity index (χ0n) is 9.02. The van der Waals surface area contributed by atoms with E-state index >= 15 is 0 Å². The summed E-state index contributed by atoms with van der Waals surface area (Å²) >= 11 is 2.01. The molecule has 92 valence electrons. The molecule has 0 aliphatic rings. The van der Waals surface area contributed by atoms with Gasteiger partial charge in [-0.2, -0.15) is 0 Å². The third kappa shape index (κ3) is 2.95. The van der Waals surface area contributed by atoms with Gasteiger partial charge in [0, 0.05) is 3.57 Å². The Labute approximate surface area is 116 Å². The highest BCUT2D eigenvalue weighted by atomic mass is 127. The van der Waals surface area contributed by atoms with Crippen LogP contribution in [0.3, 0.4) is 0 Å². The molecular weight excluding hydrogens is 350 g/mol. The van der Waals surface area contributed by atoms with Crippen LogP contribution in [-0.2, 0) is 0 Å². The summed E-state index contributed by atoms with van der Waals surface area (Å²) in [6.07, 6.45) is 1.42. The van der Waals surface area contributed by atoms with Gasteiger partial charge in [0.05, 0.1) is 17.6 Å². The molecule has 0 aliphatic carbocycles. The molecule has 0 spiro atoms. The van der Waals surface area contributed by atoms with Crippen LogP contribution in [0.2, 0.25) is 0 Å². The van der Waals surface area contributed by atoms with E-state index in [1.54, 1.807) is 12.1 Å². The number of hydrogen-bond acceptors (Lipinski definition) is 3. The number of carboxylic acids is 1. The van der Waals surface area contributed by atoms with Gasteiger partial charge in [-0.1, -0.05) is 0 Å². The fraction of sp³-hybridized carbons (Fsp3) is 0. The Bertz CT molecular complexity index is 587. The Hall–Kier alpha value is -1.70. The summed E-state index contributed by atoms with van der Waals surface area (Å²) in [7, 11) is 0. The lowest BCUT2D eigenvalue weighted by atomic mass is 10.3. The van der Waals surface area contributed by atoms with E-state index in [2.05, 4.69) is 10.3 Å². The fourth-order valence-electron chi connectivity index (χ4n) is 1.34. The van der Waals surface area contributed by atoms with Crippen molar-refractivity contribution in [3.63, 3.8) is 0 Å². The van der Waals surface area contributed by atoms with E-state index in [-0.39, 0.29) is 11.5 Å². The SMILES string of the molecule is O=C(O)c1ccc(Nc2ccc(F)cc2I)cn1. The van der Waals surface area contributed by atoms with Gasteiger partial charge in [0.2, 0.25) is 0 Å². The molecule has 2 aromatic rings. The van der Waals surface area contributed by atoms with Gasteiger partial charge >= 0.3 is 5.97 Å². The average molecular weight is 358 g/mol. The predicted molar refractivity (Wildman–Crippen MR) is 73.6 cm³/mol. The predicted octanol–water partition coefficient (Wildman–Crippen LogP) is 3.27. The monoisotopic (exact) mass is 358 g/mol. The van der Waals surface area contributed by atoms with Crippen molar-refractivity contribution in [3.05, 3.63) is 51.6 Å². The van der Waals surface area contributed by atoms with Crippen molar-refractivity contribution < 1.29 is 14.3 Å². The smallest absolute Gasteiger partial charge is 0.354 e. The lowest BCUT2D eigenvalue weighted by Crippen LogP contribution is -2.01. The maximum atomic E-state index is 12.9. The largest absolute Gasteiger partial charge is 0.477 e. The third-order valence-electron chi connectivity index (χ3n) is 2.19. The van der Waals surface area contributed by atoms with Crippen LogP contribution >= 0.6 is 22.6 Å². The summed E-state index contributed by atoms with van der Waals surface area (Å²) in [5, 5.41) is 11.8. The summed E-state index contributed by atoms with van der Waals surface area (Å²) in [5.74, 6) is -1.37. The molecule has 0 atom stereocenters. The Balaban J connectivity index is 2.21. The Kier molecular flexibility index (Phi) is 3.75. The fourth-order valence-corrected chi connectivity index (χ4v) is 1.95. The van der Waals surface area contributed by atoms with Crippen molar-refractivity contribution in [2.75, 3.05) is 5.32 Å². The molecule has 4 nitrogen and oxygen atoms in total. The minimum atomic E-state index is -1.07. The van der Waals surface area contributed by atoms with Gasteiger partial charge in [-0.15, -0.1) is 0 Å². The molecule has 0 amide bonds. The lowest BCUT2D eigenvalue weighted by molar-refractivity contribution is 0.0690. The number of carboxylic acid groups (broad SMARTS) is 1. The van der Waals surface area contributed by atoms with Crippen LogP contribution in [0.4, 0.5) is 15.8 Å². The van der Waals surface area contributed by atoms with Gasteiger partial charge in [0.25, 0.3) is 0 Å². The molecule has 1 heterocycles. The van der Waals surface area contributed by atoms with Gasteiger partial charge in [-0.25, -0.2) is 14.2 Å². The second kappa shape index (κ2) is 5.30. The number of nitrogens with one attached hydrogen (secondary N) is 1. The topological polar surface area (TPSA) is 62.2 Å². The van der Waals surface area contributed by atoms with E-state index in [0.717, 1.165) is 9.26 Å². The number of benzene rings is 1. The van der Waals surface area contributed by atoms with Gasteiger partial charge in [0.15, 0.2) is 0 Å². The highest BCUT2D eigenvalue weighted by Crippen LogP contribution is 2.23. The second-order valence-corrected chi connectivity index (χ2v) is 4.65. The van der Waals surface area contributed by atoms with Crippen LogP contribution in [-0.4, -0.2) is 16.1 Å². The number of aromatic carboxylic acids is 1. The first-order valence-electron chi connectivity index (χ1n) is 4.97. The summed E-state index contributed by atoms with van der Waals surface area (Å²) in [4.78, 5) is 14.4. The molecule has 2 rings (SSSR count). The van der Waals surface area contributed by atoms with Crippen LogP contribution in [0.15, 0.2) is 36.5 Å². The summed E-state index contributed by atoms with van der Waals surface area (Å²) in [6, 6.07) is 7.38. The van der Waals surface area contributed by atoms with Crippen molar-refractivity contribution in [3.8, 4) is 0 Å². The van der Waals surface area contributed by atoms with Crippen LogP contribution < -0.4 is 5.32 Å².